The summed E-state index contributed by atoms with van der Waals surface area (Å²) in [6.07, 6.45) is 1.75. The molecule has 0 saturated carbocycles. The topological polar surface area (TPSA) is 115 Å². The lowest BCUT2D eigenvalue weighted by atomic mass is 10.0. The fraction of sp³-hybridized carbons (Fsp3) is 0.417. The van der Waals surface area contributed by atoms with E-state index in [-0.39, 0.29) is 28.9 Å². The third-order valence-electron chi connectivity index (χ3n) is 3.22. The molecule has 1 saturated heterocycles. The highest BCUT2D eigenvalue weighted by molar-refractivity contribution is 5.95. The number of anilines is 1. The normalized spacial score (nSPS) is 19.2. The van der Waals surface area contributed by atoms with Crippen LogP contribution in [0, 0.1) is 10.1 Å². The summed E-state index contributed by atoms with van der Waals surface area (Å²) in [5.41, 5.74) is 11.4. The summed E-state index contributed by atoms with van der Waals surface area (Å²) in [4.78, 5) is 24.1. The van der Waals surface area contributed by atoms with Crippen molar-refractivity contribution >= 4 is 17.3 Å². The van der Waals surface area contributed by atoms with Gasteiger partial charge in [0.1, 0.15) is 5.69 Å². The van der Waals surface area contributed by atoms with Crippen LogP contribution in [0.4, 0.5) is 11.4 Å². The minimum Gasteiger partial charge on any atom is -0.393 e. The van der Waals surface area contributed by atoms with Gasteiger partial charge in [-0.15, -0.1) is 0 Å². The highest BCUT2D eigenvalue weighted by Crippen LogP contribution is 2.23. The number of hydrogen-bond donors (Lipinski definition) is 2. The average molecular weight is 264 g/mol. The summed E-state index contributed by atoms with van der Waals surface area (Å²) in [6.45, 7) is 1.11. The first-order valence-electron chi connectivity index (χ1n) is 6.08. The smallest absolute Gasteiger partial charge is 0.292 e. The molecule has 0 radical (unpaired) electrons. The summed E-state index contributed by atoms with van der Waals surface area (Å²) in [7, 11) is 0. The Bertz CT molecular complexity index is 518. The van der Waals surface area contributed by atoms with E-state index in [1.54, 1.807) is 4.90 Å². The molecule has 1 atom stereocenters. The number of hydrogen-bond acceptors (Lipinski definition) is 5. The van der Waals surface area contributed by atoms with Crippen molar-refractivity contribution in [3.05, 3.63) is 33.9 Å². The fourth-order valence-corrected chi connectivity index (χ4v) is 2.21. The van der Waals surface area contributed by atoms with Gasteiger partial charge in [0, 0.05) is 30.8 Å². The molecular formula is C12H16N4O3. The number of carbonyl (C=O) groups is 1. The highest BCUT2D eigenvalue weighted by Gasteiger charge is 2.24. The Hall–Kier alpha value is -2.15. The first-order chi connectivity index (χ1) is 8.99. The van der Waals surface area contributed by atoms with Crippen LogP contribution in [-0.4, -0.2) is 34.9 Å². The van der Waals surface area contributed by atoms with Gasteiger partial charge in [-0.05, 0) is 25.0 Å². The number of nitro groups is 1. The maximum atomic E-state index is 12.2. The maximum absolute atomic E-state index is 12.2. The summed E-state index contributed by atoms with van der Waals surface area (Å²) < 4.78 is 0. The van der Waals surface area contributed by atoms with Crippen molar-refractivity contribution in [3.8, 4) is 0 Å². The van der Waals surface area contributed by atoms with E-state index < -0.39 is 4.92 Å². The van der Waals surface area contributed by atoms with Gasteiger partial charge in [0.25, 0.3) is 11.6 Å². The summed E-state index contributed by atoms with van der Waals surface area (Å²) in [6, 6.07) is 4.08. The van der Waals surface area contributed by atoms with E-state index in [2.05, 4.69) is 0 Å². The van der Waals surface area contributed by atoms with Gasteiger partial charge in [-0.1, -0.05) is 0 Å². The molecule has 1 heterocycles. The molecule has 2 rings (SSSR count). The predicted molar refractivity (Wildman–Crippen MR) is 70.6 cm³/mol. The van der Waals surface area contributed by atoms with Crippen molar-refractivity contribution in [1.29, 1.82) is 0 Å². The van der Waals surface area contributed by atoms with Crippen molar-refractivity contribution in [3.63, 3.8) is 0 Å². The van der Waals surface area contributed by atoms with Gasteiger partial charge in [-0.3, -0.25) is 14.9 Å². The van der Waals surface area contributed by atoms with E-state index in [9.17, 15) is 14.9 Å². The second-order valence-electron chi connectivity index (χ2n) is 4.68. The van der Waals surface area contributed by atoms with E-state index in [4.69, 9.17) is 11.5 Å². The van der Waals surface area contributed by atoms with E-state index in [1.807, 2.05) is 0 Å². The number of piperidine rings is 1. The van der Waals surface area contributed by atoms with Crippen LogP contribution in [0.2, 0.25) is 0 Å². The van der Waals surface area contributed by atoms with Crippen molar-refractivity contribution in [1.82, 2.24) is 4.90 Å². The number of nitro benzene ring substituents is 1. The lowest BCUT2D eigenvalue weighted by Gasteiger charge is -2.30. The summed E-state index contributed by atoms with van der Waals surface area (Å²) in [5, 5.41) is 10.8. The molecule has 0 spiro atoms. The largest absolute Gasteiger partial charge is 0.393 e. The maximum Gasteiger partial charge on any atom is 0.292 e. The van der Waals surface area contributed by atoms with Gasteiger partial charge in [0.05, 0.1) is 4.92 Å². The van der Waals surface area contributed by atoms with Crippen LogP contribution in [0.3, 0.4) is 0 Å². The van der Waals surface area contributed by atoms with Crippen LogP contribution in [0.15, 0.2) is 18.2 Å². The van der Waals surface area contributed by atoms with Crippen molar-refractivity contribution in [2.75, 3.05) is 18.8 Å². The lowest BCUT2D eigenvalue weighted by molar-refractivity contribution is -0.383. The monoisotopic (exact) mass is 264 g/mol. The molecule has 7 heteroatoms. The molecule has 7 nitrogen and oxygen atoms in total. The minimum atomic E-state index is -0.589. The Morgan fingerprint density at radius 2 is 2.21 bits per heavy atom. The molecule has 1 aliphatic heterocycles. The number of likely N-dealkylation sites (tertiary alicyclic amines) is 1. The van der Waals surface area contributed by atoms with Crippen LogP contribution in [0.1, 0.15) is 23.2 Å². The molecule has 19 heavy (non-hydrogen) atoms. The van der Waals surface area contributed by atoms with Gasteiger partial charge in [0.15, 0.2) is 0 Å². The number of amides is 1. The van der Waals surface area contributed by atoms with Gasteiger partial charge < -0.3 is 16.4 Å². The first kappa shape index (κ1) is 13.3. The second kappa shape index (κ2) is 5.23. The molecule has 102 valence electrons. The summed E-state index contributed by atoms with van der Waals surface area (Å²) >= 11 is 0. The van der Waals surface area contributed by atoms with Crippen molar-refractivity contribution in [2.45, 2.75) is 18.9 Å². The zero-order valence-electron chi connectivity index (χ0n) is 10.4. The Balaban J connectivity index is 2.24. The predicted octanol–water partition coefficient (Wildman–Crippen LogP) is 0.740. The fourth-order valence-electron chi connectivity index (χ4n) is 2.21. The van der Waals surface area contributed by atoms with Gasteiger partial charge in [0.2, 0.25) is 0 Å². The van der Waals surface area contributed by atoms with E-state index >= 15 is 0 Å². The number of carbonyl (C=O) groups excluding carboxylic acids is 1. The SMILES string of the molecule is Nc1ccc(C(=O)N2CCCC(N)C2)cc1[N+](=O)[O-]. The van der Waals surface area contributed by atoms with Crippen molar-refractivity contribution in [2.24, 2.45) is 5.73 Å². The molecule has 1 aliphatic rings. The number of rotatable bonds is 2. The molecular weight excluding hydrogens is 248 g/mol. The number of nitrogens with two attached hydrogens (primary N) is 2. The van der Waals surface area contributed by atoms with E-state index in [0.29, 0.717) is 13.1 Å². The standard InChI is InChI=1S/C12H16N4O3/c13-9-2-1-5-15(7-9)12(17)8-3-4-10(14)11(6-8)16(18)19/h3-4,6,9H,1-2,5,7,13-14H2. The Morgan fingerprint density at radius 3 is 2.84 bits per heavy atom. The number of nitrogens with zero attached hydrogens (tertiary/aromatic N) is 2. The van der Waals surface area contributed by atoms with E-state index in [1.165, 1.54) is 18.2 Å². The zero-order chi connectivity index (χ0) is 14.0. The van der Waals surface area contributed by atoms with Gasteiger partial charge in [-0.2, -0.15) is 0 Å². The molecule has 1 unspecified atom stereocenters. The molecule has 0 bridgehead atoms. The number of nitrogen functional groups attached to an aromatic ring is 1. The van der Waals surface area contributed by atoms with Gasteiger partial charge in [-0.25, -0.2) is 0 Å². The van der Waals surface area contributed by atoms with Crippen LogP contribution < -0.4 is 11.5 Å². The van der Waals surface area contributed by atoms with Crippen LogP contribution in [0.5, 0.6) is 0 Å². The molecule has 0 aliphatic carbocycles. The molecule has 1 aromatic rings. The Labute approximate surface area is 110 Å². The molecule has 0 aromatic heterocycles. The molecule has 1 amide bonds. The average Bonchev–Trinajstić information content (AvgIpc) is 2.38. The Kier molecular flexibility index (Phi) is 3.66. The highest BCUT2D eigenvalue weighted by atomic mass is 16.6. The quantitative estimate of drug-likeness (QED) is 0.464. The minimum absolute atomic E-state index is 0.0264. The van der Waals surface area contributed by atoms with Gasteiger partial charge >= 0.3 is 0 Å². The molecule has 1 aromatic carbocycles. The summed E-state index contributed by atoms with van der Waals surface area (Å²) in [5.74, 6) is -0.238. The third kappa shape index (κ3) is 2.82. The first-order valence-corrected chi connectivity index (χ1v) is 6.08. The molecule has 4 N–H and O–H groups in total. The lowest BCUT2D eigenvalue weighted by Crippen LogP contribution is -2.45. The number of benzene rings is 1. The second-order valence-corrected chi connectivity index (χ2v) is 4.68. The van der Waals surface area contributed by atoms with E-state index in [0.717, 1.165) is 12.8 Å². The van der Waals surface area contributed by atoms with Crippen molar-refractivity contribution < 1.29 is 9.72 Å². The zero-order valence-corrected chi connectivity index (χ0v) is 10.4. The Morgan fingerprint density at radius 1 is 1.47 bits per heavy atom. The van der Waals surface area contributed by atoms with Crippen LogP contribution >= 0.6 is 0 Å². The molecule has 1 fully saturated rings. The van der Waals surface area contributed by atoms with Crippen LogP contribution in [-0.2, 0) is 0 Å². The third-order valence-corrected chi connectivity index (χ3v) is 3.22. The van der Waals surface area contributed by atoms with Crippen LogP contribution in [0.25, 0.3) is 0 Å².